The van der Waals surface area contributed by atoms with Crippen molar-refractivity contribution in [1.82, 2.24) is 5.32 Å². The Bertz CT molecular complexity index is 97.8. The zero-order valence-electron chi connectivity index (χ0n) is 10.4. The first-order chi connectivity index (χ1) is 7.41. The lowest BCUT2D eigenvalue weighted by Gasteiger charge is -2.04. The average Bonchev–Trinajstić information content (AvgIpc) is 2.26. The molecule has 0 aliphatic rings. The molecule has 0 radical (unpaired) electrons. The summed E-state index contributed by atoms with van der Waals surface area (Å²) in [6.07, 6.45) is 5.81. The lowest BCUT2D eigenvalue weighted by atomic mass is 10.2. The fourth-order valence-electron chi connectivity index (χ4n) is 1.29. The van der Waals surface area contributed by atoms with Crippen LogP contribution >= 0.6 is 0 Å². The molecule has 0 aliphatic heterocycles. The second-order valence-electron chi connectivity index (χ2n) is 3.74. The van der Waals surface area contributed by atoms with E-state index in [0.29, 0.717) is 0 Å². The molecule has 1 N–H and O–H groups in total. The van der Waals surface area contributed by atoms with Crippen LogP contribution in [0.25, 0.3) is 0 Å². The van der Waals surface area contributed by atoms with Crippen LogP contribution in [0.2, 0.25) is 0 Å². The maximum atomic E-state index is 5.49. The maximum absolute atomic E-state index is 5.49. The van der Waals surface area contributed by atoms with Gasteiger partial charge in [-0.2, -0.15) is 0 Å². The minimum atomic E-state index is 0.841. The Morgan fingerprint density at radius 2 is 1.47 bits per heavy atom. The van der Waals surface area contributed by atoms with Crippen LogP contribution in [0, 0.1) is 0 Å². The summed E-state index contributed by atoms with van der Waals surface area (Å²) in [7, 11) is 1.99. The third-order valence-corrected chi connectivity index (χ3v) is 2.14. The number of nitrogens with one attached hydrogen (secondary N) is 1. The molecular weight excluding hydrogens is 190 g/mol. The smallest absolute Gasteiger partial charge is 0.0487 e. The van der Waals surface area contributed by atoms with Crippen LogP contribution in [0.1, 0.15) is 39.0 Å². The van der Waals surface area contributed by atoms with Gasteiger partial charge in [-0.1, -0.05) is 6.92 Å². The molecule has 3 nitrogen and oxygen atoms in total. The Morgan fingerprint density at radius 1 is 0.800 bits per heavy atom. The zero-order valence-corrected chi connectivity index (χ0v) is 10.4. The van der Waals surface area contributed by atoms with Gasteiger partial charge in [-0.25, -0.2) is 0 Å². The molecule has 92 valence electrons. The van der Waals surface area contributed by atoms with E-state index in [4.69, 9.17) is 9.47 Å². The molecule has 0 saturated heterocycles. The van der Waals surface area contributed by atoms with Gasteiger partial charge >= 0.3 is 0 Å². The van der Waals surface area contributed by atoms with Crippen LogP contribution in [0.15, 0.2) is 0 Å². The number of unbranched alkanes of at least 4 members (excludes halogenated alkanes) is 2. The largest absolute Gasteiger partial charge is 0.381 e. The summed E-state index contributed by atoms with van der Waals surface area (Å²) in [6, 6.07) is 0. The van der Waals surface area contributed by atoms with Crippen LogP contribution in [-0.2, 0) is 9.47 Å². The number of ether oxygens (including phenoxy) is 2. The van der Waals surface area contributed by atoms with Crippen molar-refractivity contribution in [2.24, 2.45) is 0 Å². The third-order valence-electron chi connectivity index (χ3n) is 2.14. The van der Waals surface area contributed by atoms with Crippen molar-refractivity contribution >= 4 is 0 Å². The minimum Gasteiger partial charge on any atom is -0.381 e. The van der Waals surface area contributed by atoms with E-state index in [1.165, 1.54) is 19.3 Å². The summed E-state index contributed by atoms with van der Waals surface area (Å²) in [5, 5.41) is 3.14. The van der Waals surface area contributed by atoms with Gasteiger partial charge in [0.05, 0.1) is 0 Å². The van der Waals surface area contributed by atoms with Gasteiger partial charge in [-0.05, 0) is 45.7 Å². The molecule has 0 aromatic heterocycles. The lowest BCUT2D eigenvalue weighted by Crippen LogP contribution is -2.08. The summed E-state index contributed by atoms with van der Waals surface area (Å²) in [5.41, 5.74) is 0. The van der Waals surface area contributed by atoms with E-state index in [9.17, 15) is 0 Å². The first kappa shape index (κ1) is 14.9. The quantitative estimate of drug-likeness (QED) is 0.508. The molecule has 3 heteroatoms. The average molecular weight is 217 g/mol. The van der Waals surface area contributed by atoms with Crippen molar-refractivity contribution in [3.05, 3.63) is 0 Å². The van der Waals surface area contributed by atoms with Crippen molar-refractivity contribution in [2.75, 3.05) is 40.0 Å². The Labute approximate surface area is 94.5 Å². The lowest BCUT2D eigenvalue weighted by molar-refractivity contribution is 0.0814. The summed E-state index contributed by atoms with van der Waals surface area (Å²) in [5.74, 6) is 0. The molecule has 0 unspecified atom stereocenters. The van der Waals surface area contributed by atoms with Crippen molar-refractivity contribution in [2.45, 2.75) is 39.0 Å². The number of rotatable bonds is 12. The normalized spacial score (nSPS) is 10.8. The van der Waals surface area contributed by atoms with Crippen LogP contribution in [-0.4, -0.2) is 40.0 Å². The third kappa shape index (κ3) is 13.9. The van der Waals surface area contributed by atoms with Crippen molar-refractivity contribution in [3.63, 3.8) is 0 Å². The number of hydrogen-bond acceptors (Lipinski definition) is 3. The molecule has 0 spiro atoms. The van der Waals surface area contributed by atoms with Crippen molar-refractivity contribution < 1.29 is 9.47 Å². The Balaban J connectivity index is 2.81. The molecule has 0 saturated carbocycles. The fourth-order valence-corrected chi connectivity index (χ4v) is 1.29. The number of hydrogen-bond donors (Lipinski definition) is 1. The Morgan fingerprint density at radius 3 is 2.13 bits per heavy atom. The van der Waals surface area contributed by atoms with E-state index in [0.717, 1.165) is 45.8 Å². The molecule has 0 rings (SSSR count). The van der Waals surface area contributed by atoms with E-state index in [1.54, 1.807) is 0 Å². The Kier molecular flexibility index (Phi) is 13.8. The van der Waals surface area contributed by atoms with Crippen LogP contribution in [0.3, 0.4) is 0 Å². The van der Waals surface area contributed by atoms with Gasteiger partial charge < -0.3 is 14.8 Å². The summed E-state index contributed by atoms with van der Waals surface area (Å²) < 4.78 is 10.8. The van der Waals surface area contributed by atoms with Gasteiger partial charge in [-0.15, -0.1) is 0 Å². The van der Waals surface area contributed by atoms with Gasteiger partial charge in [0.2, 0.25) is 0 Å². The van der Waals surface area contributed by atoms with Crippen molar-refractivity contribution in [1.29, 1.82) is 0 Å². The Hall–Kier alpha value is -0.120. The van der Waals surface area contributed by atoms with Gasteiger partial charge in [0.25, 0.3) is 0 Å². The predicted octanol–water partition coefficient (Wildman–Crippen LogP) is 2.21. The molecule has 15 heavy (non-hydrogen) atoms. The zero-order chi connectivity index (χ0) is 11.2. The summed E-state index contributed by atoms with van der Waals surface area (Å²) in [6.45, 7) is 6.71. The monoisotopic (exact) mass is 217 g/mol. The molecule has 0 atom stereocenters. The summed E-state index contributed by atoms with van der Waals surface area (Å²) >= 11 is 0. The maximum Gasteiger partial charge on any atom is 0.0487 e. The molecule has 0 heterocycles. The van der Waals surface area contributed by atoms with E-state index in [1.807, 2.05) is 7.05 Å². The molecule has 0 bridgehead atoms. The van der Waals surface area contributed by atoms with E-state index in [-0.39, 0.29) is 0 Å². The molecule has 0 amide bonds. The fraction of sp³-hybridized carbons (Fsp3) is 1.00. The standard InChI is InChI=1S/C12H27NO2/c1-3-9-14-11-7-12-15-10-6-4-5-8-13-2/h13H,3-12H2,1-2H3. The van der Waals surface area contributed by atoms with Gasteiger partial charge in [0, 0.05) is 26.4 Å². The summed E-state index contributed by atoms with van der Waals surface area (Å²) in [4.78, 5) is 0. The highest BCUT2D eigenvalue weighted by Gasteiger charge is 1.91. The molecule has 0 aromatic carbocycles. The SMILES string of the molecule is CCCOCCCOCCCCCNC. The predicted molar refractivity (Wildman–Crippen MR) is 64.3 cm³/mol. The molecular formula is C12H27NO2. The van der Waals surface area contributed by atoms with Gasteiger partial charge in [0.15, 0.2) is 0 Å². The van der Waals surface area contributed by atoms with Gasteiger partial charge in [-0.3, -0.25) is 0 Å². The minimum absolute atomic E-state index is 0.841. The highest BCUT2D eigenvalue weighted by Crippen LogP contribution is 1.95. The van der Waals surface area contributed by atoms with Crippen LogP contribution < -0.4 is 5.32 Å². The molecule has 0 aromatic rings. The topological polar surface area (TPSA) is 30.5 Å². The van der Waals surface area contributed by atoms with E-state index >= 15 is 0 Å². The second-order valence-corrected chi connectivity index (χ2v) is 3.74. The second kappa shape index (κ2) is 13.9. The highest BCUT2D eigenvalue weighted by atomic mass is 16.5. The molecule has 0 fully saturated rings. The van der Waals surface area contributed by atoms with E-state index < -0.39 is 0 Å². The molecule has 0 aliphatic carbocycles. The van der Waals surface area contributed by atoms with Crippen LogP contribution in [0.5, 0.6) is 0 Å². The van der Waals surface area contributed by atoms with E-state index in [2.05, 4.69) is 12.2 Å². The van der Waals surface area contributed by atoms with Crippen molar-refractivity contribution in [3.8, 4) is 0 Å². The van der Waals surface area contributed by atoms with Gasteiger partial charge in [0.1, 0.15) is 0 Å². The first-order valence-corrected chi connectivity index (χ1v) is 6.22. The first-order valence-electron chi connectivity index (χ1n) is 6.22. The van der Waals surface area contributed by atoms with Crippen LogP contribution in [0.4, 0.5) is 0 Å². The highest BCUT2D eigenvalue weighted by molar-refractivity contribution is 4.44.